The number of halogens is 1. The van der Waals surface area contributed by atoms with Crippen LogP contribution in [0.3, 0.4) is 0 Å². The zero-order valence-corrected chi connectivity index (χ0v) is 9.32. The van der Waals surface area contributed by atoms with Crippen molar-refractivity contribution in [3.63, 3.8) is 0 Å². The number of hydrogen-bond donors (Lipinski definition) is 1. The Morgan fingerprint density at radius 3 is 2.79 bits per heavy atom. The summed E-state index contributed by atoms with van der Waals surface area (Å²) >= 11 is 3.09. The predicted octanol–water partition coefficient (Wildman–Crippen LogP) is 2.09. The van der Waals surface area contributed by atoms with Gasteiger partial charge in [-0.3, -0.25) is 4.79 Å². The molecule has 1 atom stereocenters. The molecule has 14 heavy (non-hydrogen) atoms. The first-order valence-electron chi connectivity index (χ1n) is 4.14. The number of carboxylic acid groups (broad SMARTS) is 1. The molecule has 0 aliphatic rings. The molecule has 3 nitrogen and oxygen atoms in total. The quantitative estimate of drug-likeness (QED) is 0.842. The van der Waals surface area contributed by atoms with Crippen LogP contribution in [0.15, 0.2) is 24.3 Å². The number of methoxy groups -OCH3 is 1. The normalized spacial score (nSPS) is 12.1. The molecular formula is C10H11BrO3. The van der Waals surface area contributed by atoms with Gasteiger partial charge in [0.05, 0.1) is 7.11 Å². The highest BCUT2D eigenvalue weighted by atomic mass is 79.9. The molecule has 0 radical (unpaired) electrons. The molecule has 0 aromatic heterocycles. The third kappa shape index (κ3) is 2.73. The summed E-state index contributed by atoms with van der Waals surface area (Å²) in [5.74, 6) is -0.144. The van der Waals surface area contributed by atoms with Crippen LogP contribution in [-0.4, -0.2) is 23.0 Å². The van der Waals surface area contributed by atoms with Crippen molar-refractivity contribution < 1.29 is 14.6 Å². The number of carboxylic acids is 1. The SMILES string of the molecule is COc1ccccc1C[C@@H](Br)C(=O)O. The van der Waals surface area contributed by atoms with Crippen LogP contribution in [0.4, 0.5) is 0 Å². The Labute approximate surface area is 90.8 Å². The first-order valence-corrected chi connectivity index (χ1v) is 5.05. The van der Waals surface area contributed by atoms with Gasteiger partial charge in [0.1, 0.15) is 10.6 Å². The van der Waals surface area contributed by atoms with Crippen LogP contribution in [0.25, 0.3) is 0 Å². The second kappa shape index (κ2) is 5.00. The largest absolute Gasteiger partial charge is 0.496 e. The number of ether oxygens (including phenoxy) is 1. The van der Waals surface area contributed by atoms with Gasteiger partial charge in [-0.2, -0.15) is 0 Å². The number of rotatable bonds is 4. The van der Waals surface area contributed by atoms with E-state index in [1.807, 2.05) is 24.3 Å². The van der Waals surface area contributed by atoms with E-state index in [1.54, 1.807) is 7.11 Å². The van der Waals surface area contributed by atoms with Gasteiger partial charge < -0.3 is 9.84 Å². The van der Waals surface area contributed by atoms with Gasteiger partial charge >= 0.3 is 5.97 Å². The van der Waals surface area contributed by atoms with E-state index in [1.165, 1.54) is 0 Å². The van der Waals surface area contributed by atoms with Crippen LogP contribution >= 0.6 is 15.9 Å². The van der Waals surface area contributed by atoms with Gasteiger partial charge in [-0.15, -0.1) is 0 Å². The van der Waals surface area contributed by atoms with E-state index in [0.717, 1.165) is 11.3 Å². The molecule has 0 saturated carbocycles. The van der Waals surface area contributed by atoms with Crippen LogP contribution in [0, 0.1) is 0 Å². The van der Waals surface area contributed by atoms with E-state index >= 15 is 0 Å². The maximum absolute atomic E-state index is 10.6. The van der Waals surface area contributed by atoms with Crippen LogP contribution in [-0.2, 0) is 11.2 Å². The fourth-order valence-electron chi connectivity index (χ4n) is 1.15. The predicted molar refractivity (Wildman–Crippen MR) is 57.0 cm³/mol. The maximum atomic E-state index is 10.6. The van der Waals surface area contributed by atoms with E-state index in [2.05, 4.69) is 15.9 Å². The fraction of sp³-hybridized carbons (Fsp3) is 0.300. The van der Waals surface area contributed by atoms with Crippen molar-refractivity contribution in [2.24, 2.45) is 0 Å². The van der Waals surface area contributed by atoms with Gasteiger partial charge in [0.2, 0.25) is 0 Å². The molecule has 0 bridgehead atoms. The molecule has 0 saturated heterocycles. The van der Waals surface area contributed by atoms with E-state index in [4.69, 9.17) is 9.84 Å². The van der Waals surface area contributed by atoms with Gasteiger partial charge in [-0.25, -0.2) is 0 Å². The number of aliphatic carboxylic acids is 1. The summed E-state index contributed by atoms with van der Waals surface area (Å²) < 4.78 is 5.11. The summed E-state index contributed by atoms with van der Waals surface area (Å²) in [4.78, 5) is 10.0. The lowest BCUT2D eigenvalue weighted by molar-refractivity contribution is -0.136. The molecule has 1 rings (SSSR count). The zero-order valence-electron chi connectivity index (χ0n) is 7.74. The summed E-state index contributed by atoms with van der Waals surface area (Å²) in [7, 11) is 1.57. The van der Waals surface area contributed by atoms with E-state index in [-0.39, 0.29) is 0 Å². The van der Waals surface area contributed by atoms with Crippen molar-refractivity contribution in [1.82, 2.24) is 0 Å². The molecule has 0 aliphatic heterocycles. The topological polar surface area (TPSA) is 46.5 Å². The Morgan fingerprint density at radius 1 is 1.57 bits per heavy atom. The summed E-state index contributed by atoms with van der Waals surface area (Å²) in [5.41, 5.74) is 0.888. The molecule has 0 fully saturated rings. The zero-order chi connectivity index (χ0) is 10.6. The highest BCUT2D eigenvalue weighted by molar-refractivity contribution is 9.10. The number of carbonyl (C=O) groups is 1. The van der Waals surface area contributed by atoms with E-state index in [9.17, 15) is 4.79 Å². The summed E-state index contributed by atoms with van der Waals surface area (Å²) in [6.07, 6.45) is 0.416. The van der Waals surface area contributed by atoms with Crippen LogP contribution in [0.1, 0.15) is 5.56 Å². The van der Waals surface area contributed by atoms with Crippen LogP contribution < -0.4 is 4.74 Å². The Kier molecular flexibility index (Phi) is 3.95. The van der Waals surface area contributed by atoms with Crippen LogP contribution in [0.5, 0.6) is 5.75 Å². The lowest BCUT2D eigenvalue weighted by Gasteiger charge is -2.09. The molecule has 0 aliphatic carbocycles. The molecule has 0 amide bonds. The number of hydrogen-bond acceptors (Lipinski definition) is 2. The van der Waals surface area contributed by atoms with Gasteiger partial charge in [0.25, 0.3) is 0 Å². The molecule has 0 spiro atoms. The van der Waals surface area contributed by atoms with Gasteiger partial charge in [-0.05, 0) is 18.1 Å². The second-order valence-corrected chi connectivity index (χ2v) is 3.93. The standard InChI is InChI=1S/C10H11BrO3/c1-14-9-5-3-2-4-7(9)6-8(11)10(12)13/h2-5,8H,6H2,1H3,(H,12,13)/t8-/m1/s1. The fourth-order valence-corrected chi connectivity index (χ4v) is 1.50. The highest BCUT2D eigenvalue weighted by Gasteiger charge is 2.15. The number of para-hydroxylation sites is 1. The van der Waals surface area contributed by atoms with Gasteiger partial charge in [-0.1, -0.05) is 34.1 Å². The summed E-state index contributed by atoms with van der Waals surface area (Å²) in [6.45, 7) is 0. The molecule has 0 unspecified atom stereocenters. The maximum Gasteiger partial charge on any atom is 0.317 e. The average molecular weight is 259 g/mol. The molecule has 4 heteroatoms. The van der Waals surface area contributed by atoms with Crippen molar-refractivity contribution in [2.45, 2.75) is 11.2 Å². The van der Waals surface area contributed by atoms with E-state index < -0.39 is 10.8 Å². The Morgan fingerprint density at radius 2 is 2.21 bits per heavy atom. The lowest BCUT2D eigenvalue weighted by atomic mass is 10.1. The third-order valence-corrected chi connectivity index (χ3v) is 2.58. The molecular weight excluding hydrogens is 248 g/mol. The average Bonchev–Trinajstić information content (AvgIpc) is 2.18. The third-order valence-electron chi connectivity index (χ3n) is 1.86. The van der Waals surface area contributed by atoms with E-state index in [0.29, 0.717) is 6.42 Å². The molecule has 1 N–H and O–H groups in total. The van der Waals surface area contributed by atoms with Crippen molar-refractivity contribution in [3.05, 3.63) is 29.8 Å². The Bertz CT molecular complexity index is 325. The van der Waals surface area contributed by atoms with Gasteiger partial charge in [0.15, 0.2) is 0 Å². The lowest BCUT2D eigenvalue weighted by Crippen LogP contribution is -2.15. The monoisotopic (exact) mass is 258 g/mol. The minimum atomic E-state index is -0.865. The Hall–Kier alpha value is -1.03. The van der Waals surface area contributed by atoms with Crippen molar-refractivity contribution >= 4 is 21.9 Å². The smallest absolute Gasteiger partial charge is 0.317 e. The molecule has 0 heterocycles. The van der Waals surface area contributed by atoms with Crippen molar-refractivity contribution in [3.8, 4) is 5.75 Å². The summed E-state index contributed by atoms with van der Waals surface area (Å²) in [6, 6.07) is 7.39. The molecule has 76 valence electrons. The Balaban J connectivity index is 2.80. The minimum absolute atomic E-state index is 0.416. The molecule has 1 aromatic rings. The second-order valence-electron chi connectivity index (χ2n) is 2.82. The highest BCUT2D eigenvalue weighted by Crippen LogP contribution is 2.21. The number of alkyl halides is 1. The summed E-state index contributed by atoms with van der Waals surface area (Å²) in [5, 5.41) is 8.72. The minimum Gasteiger partial charge on any atom is -0.496 e. The van der Waals surface area contributed by atoms with Crippen molar-refractivity contribution in [1.29, 1.82) is 0 Å². The first-order chi connectivity index (χ1) is 6.65. The van der Waals surface area contributed by atoms with Crippen LogP contribution in [0.2, 0.25) is 0 Å². The number of benzene rings is 1. The van der Waals surface area contributed by atoms with Gasteiger partial charge in [0, 0.05) is 0 Å². The molecule has 1 aromatic carbocycles. The van der Waals surface area contributed by atoms with Crippen molar-refractivity contribution in [2.75, 3.05) is 7.11 Å². The first kappa shape index (κ1) is 11.0.